The molecule has 9 heteroatoms. The molecule has 0 radical (unpaired) electrons. The summed E-state index contributed by atoms with van der Waals surface area (Å²) in [6.07, 6.45) is -0.766. The largest absolute Gasteiger partial charge is 0.472 e. The van der Waals surface area contributed by atoms with Crippen LogP contribution in [0.5, 0.6) is 0 Å². The van der Waals surface area contributed by atoms with Gasteiger partial charge in [-0.25, -0.2) is 0 Å². The number of halogens is 3. The van der Waals surface area contributed by atoms with Crippen LogP contribution in [-0.2, 0) is 4.74 Å². The van der Waals surface area contributed by atoms with Crippen LogP contribution in [0.25, 0.3) is 11.3 Å². The zero-order valence-electron chi connectivity index (χ0n) is 12.9. The molecule has 3 rings (SSSR count). The van der Waals surface area contributed by atoms with Gasteiger partial charge in [0.15, 0.2) is 5.60 Å². The van der Waals surface area contributed by atoms with E-state index in [0.717, 1.165) is 7.11 Å². The average Bonchev–Trinajstić information content (AvgIpc) is 3.23. The number of carbonyl (C=O) groups excluding carboxylic acids is 1. The van der Waals surface area contributed by atoms with Gasteiger partial charge in [0.25, 0.3) is 5.91 Å². The number of ether oxygens (including phenoxy) is 1. The molecular formula is C15H16F3N3O3. The number of rotatable bonds is 3. The zero-order chi connectivity index (χ0) is 17.4. The fraction of sp³-hybridized carbons (Fsp3) is 0.467. The summed E-state index contributed by atoms with van der Waals surface area (Å²) in [6, 6.07) is 1.67. The number of hydrogen-bond donors (Lipinski definition) is 1. The molecule has 1 aliphatic rings. The number of nitrogens with one attached hydrogen (secondary N) is 1. The fourth-order valence-electron chi connectivity index (χ4n) is 2.92. The lowest BCUT2D eigenvalue weighted by Crippen LogP contribution is -2.55. The van der Waals surface area contributed by atoms with Crippen LogP contribution >= 0.6 is 0 Å². The topological polar surface area (TPSA) is 71.4 Å². The molecule has 0 bridgehead atoms. The molecule has 1 saturated heterocycles. The van der Waals surface area contributed by atoms with Crippen molar-refractivity contribution in [1.29, 1.82) is 0 Å². The maximum Gasteiger partial charge on any atom is 0.417 e. The van der Waals surface area contributed by atoms with E-state index in [1.165, 1.54) is 23.6 Å². The molecule has 1 N–H and O–H groups in total. The Kier molecular flexibility index (Phi) is 4.12. The number of furan rings is 1. The Labute approximate surface area is 135 Å². The number of piperidine rings is 1. The Morgan fingerprint density at radius 2 is 2.12 bits per heavy atom. The van der Waals surface area contributed by atoms with Gasteiger partial charge < -0.3 is 14.1 Å². The highest BCUT2D eigenvalue weighted by atomic mass is 19.4. The first-order valence-electron chi connectivity index (χ1n) is 7.35. The number of methoxy groups -OCH3 is 1. The maximum atomic E-state index is 13.2. The first kappa shape index (κ1) is 16.6. The number of amides is 1. The summed E-state index contributed by atoms with van der Waals surface area (Å²) in [5.74, 6) is -0.369. The molecule has 3 heterocycles. The van der Waals surface area contributed by atoms with E-state index in [0.29, 0.717) is 16.8 Å². The van der Waals surface area contributed by atoms with Crippen LogP contribution in [0.1, 0.15) is 23.2 Å². The molecule has 130 valence electrons. The second-order valence-electron chi connectivity index (χ2n) is 5.66. The summed E-state index contributed by atoms with van der Waals surface area (Å²) in [6.45, 7) is -0.0790. The number of alkyl halides is 3. The number of carbonyl (C=O) groups is 1. The third-order valence-electron chi connectivity index (χ3n) is 4.45. The van der Waals surface area contributed by atoms with E-state index in [1.807, 2.05) is 0 Å². The Hall–Kier alpha value is -2.29. The van der Waals surface area contributed by atoms with E-state index in [4.69, 9.17) is 9.15 Å². The van der Waals surface area contributed by atoms with Gasteiger partial charge >= 0.3 is 6.18 Å². The van der Waals surface area contributed by atoms with Crippen molar-refractivity contribution >= 4 is 5.91 Å². The van der Waals surface area contributed by atoms with Gasteiger partial charge in [0.2, 0.25) is 0 Å². The Bertz CT molecular complexity index is 701. The summed E-state index contributed by atoms with van der Waals surface area (Å²) in [7, 11) is 1.05. The zero-order valence-corrected chi connectivity index (χ0v) is 12.9. The van der Waals surface area contributed by atoms with E-state index >= 15 is 0 Å². The normalized spacial score (nSPS) is 17.9. The monoisotopic (exact) mass is 343 g/mol. The van der Waals surface area contributed by atoms with Crippen molar-refractivity contribution < 1.29 is 27.1 Å². The number of aromatic amines is 1. The van der Waals surface area contributed by atoms with Gasteiger partial charge in [0.1, 0.15) is 0 Å². The summed E-state index contributed by atoms with van der Waals surface area (Å²) in [5, 5.41) is 6.58. The second kappa shape index (κ2) is 5.97. The summed E-state index contributed by atoms with van der Waals surface area (Å²) < 4.78 is 49.3. The molecule has 0 aliphatic carbocycles. The lowest BCUT2D eigenvalue weighted by Gasteiger charge is -2.41. The third kappa shape index (κ3) is 2.68. The van der Waals surface area contributed by atoms with Crippen molar-refractivity contribution in [2.45, 2.75) is 24.6 Å². The molecule has 1 amide bonds. The van der Waals surface area contributed by atoms with Crippen LogP contribution < -0.4 is 0 Å². The quantitative estimate of drug-likeness (QED) is 0.930. The van der Waals surface area contributed by atoms with Gasteiger partial charge in [-0.1, -0.05) is 0 Å². The second-order valence-corrected chi connectivity index (χ2v) is 5.66. The lowest BCUT2D eigenvalue weighted by molar-refractivity contribution is -0.281. The van der Waals surface area contributed by atoms with Crippen molar-refractivity contribution in [3.8, 4) is 11.3 Å². The van der Waals surface area contributed by atoms with Crippen molar-refractivity contribution in [1.82, 2.24) is 15.1 Å². The highest BCUT2D eigenvalue weighted by Crippen LogP contribution is 2.41. The SMILES string of the molecule is COC1(C(F)(F)F)CCN(C(=O)c2cn[nH]c2-c2ccoc2)CC1. The molecule has 1 fully saturated rings. The molecule has 0 unspecified atom stereocenters. The van der Waals surface area contributed by atoms with Gasteiger partial charge in [-0.3, -0.25) is 9.89 Å². The van der Waals surface area contributed by atoms with Gasteiger partial charge in [-0.15, -0.1) is 0 Å². The fourth-order valence-corrected chi connectivity index (χ4v) is 2.92. The first-order chi connectivity index (χ1) is 11.4. The summed E-state index contributed by atoms with van der Waals surface area (Å²) >= 11 is 0. The van der Waals surface area contributed by atoms with Crippen LogP contribution in [0.3, 0.4) is 0 Å². The average molecular weight is 343 g/mol. The molecular weight excluding hydrogens is 327 g/mol. The minimum Gasteiger partial charge on any atom is -0.472 e. The van der Waals surface area contributed by atoms with E-state index < -0.39 is 11.8 Å². The van der Waals surface area contributed by atoms with Gasteiger partial charge in [-0.05, 0) is 6.07 Å². The van der Waals surface area contributed by atoms with Crippen LogP contribution in [0.2, 0.25) is 0 Å². The first-order valence-corrected chi connectivity index (χ1v) is 7.35. The van der Waals surface area contributed by atoms with Gasteiger partial charge in [0, 0.05) is 38.6 Å². The van der Waals surface area contributed by atoms with Crippen molar-refractivity contribution in [2.75, 3.05) is 20.2 Å². The van der Waals surface area contributed by atoms with Crippen LogP contribution in [0, 0.1) is 0 Å². The minimum absolute atomic E-state index is 0.0395. The molecule has 0 saturated carbocycles. The van der Waals surface area contributed by atoms with Crippen LogP contribution in [0.4, 0.5) is 13.2 Å². The molecule has 1 aliphatic heterocycles. The van der Waals surface area contributed by atoms with Gasteiger partial charge in [-0.2, -0.15) is 18.3 Å². The molecule has 0 spiro atoms. The van der Waals surface area contributed by atoms with E-state index in [-0.39, 0.29) is 31.8 Å². The van der Waals surface area contributed by atoms with E-state index in [9.17, 15) is 18.0 Å². The maximum absolute atomic E-state index is 13.2. The predicted molar refractivity (Wildman–Crippen MR) is 77.2 cm³/mol. The van der Waals surface area contributed by atoms with E-state index in [2.05, 4.69) is 10.2 Å². The number of aromatic nitrogens is 2. The number of hydrogen-bond acceptors (Lipinski definition) is 4. The predicted octanol–water partition coefficient (Wildman–Crippen LogP) is 2.85. The smallest absolute Gasteiger partial charge is 0.417 e. The molecule has 0 aromatic carbocycles. The Morgan fingerprint density at radius 1 is 1.42 bits per heavy atom. The number of nitrogens with zero attached hydrogens (tertiary/aromatic N) is 2. The van der Waals surface area contributed by atoms with Gasteiger partial charge in [0.05, 0.1) is 30.0 Å². The minimum atomic E-state index is -4.46. The summed E-state index contributed by atoms with van der Waals surface area (Å²) in [5.41, 5.74) is -0.760. The van der Waals surface area contributed by atoms with Crippen molar-refractivity contribution in [2.24, 2.45) is 0 Å². The molecule has 0 atom stereocenters. The van der Waals surface area contributed by atoms with Crippen LogP contribution in [-0.4, -0.2) is 53.0 Å². The lowest BCUT2D eigenvalue weighted by atomic mass is 9.90. The number of likely N-dealkylation sites (tertiary alicyclic amines) is 1. The molecule has 2 aromatic heterocycles. The Balaban J connectivity index is 1.76. The third-order valence-corrected chi connectivity index (χ3v) is 4.45. The molecule has 2 aromatic rings. The summed E-state index contributed by atoms with van der Waals surface area (Å²) in [4.78, 5) is 14.0. The highest BCUT2D eigenvalue weighted by Gasteiger charge is 2.56. The molecule has 24 heavy (non-hydrogen) atoms. The van der Waals surface area contributed by atoms with Crippen molar-refractivity contribution in [3.63, 3.8) is 0 Å². The van der Waals surface area contributed by atoms with Crippen LogP contribution in [0.15, 0.2) is 29.2 Å². The Morgan fingerprint density at radius 3 is 2.67 bits per heavy atom. The molecule has 6 nitrogen and oxygen atoms in total. The standard InChI is InChI=1S/C15H16F3N3O3/c1-23-14(15(16,17)18)3-5-21(6-4-14)13(22)11-8-19-20-12(11)10-2-7-24-9-10/h2,7-9H,3-6H2,1H3,(H,19,20). The van der Waals surface area contributed by atoms with E-state index in [1.54, 1.807) is 6.07 Å². The van der Waals surface area contributed by atoms with Crippen molar-refractivity contribution in [3.05, 3.63) is 30.4 Å². The highest BCUT2D eigenvalue weighted by molar-refractivity contribution is 5.99. The number of H-pyrrole nitrogens is 1.